The van der Waals surface area contributed by atoms with Gasteiger partial charge in [-0.3, -0.25) is 9.52 Å². The Labute approximate surface area is 174 Å². The van der Waals surface area contributed by atoms with Gasteiger partial charge in [-0.2, -0.15) is 0 Å². The van der Waals surface area contributed by atoms with Crippen molar-refractivity contribution in [1.29, 1.82) is 0 Å². The molecule has 2 N–H and O–H groups in total. The first-order valence-corrected chi connectivity index (χ1v) is 10.8. The van der Waals surface area contributed by atoms with Crippen molar-refractivity contribution in [3.05, 3.63) is 84.2 Å². The normalized spacial score (nSPS) is 11.0. The fraction of sp³-hybridized carbons (Fsp3) is 0.136. The first kappa shape index (κ1) is 21.3. The first-order valence-electron chi connectivity index (χ1n) is 9.30. The molecule has 0 atom stereocenters. The molecule has 0 bridgehead atoms. The average molecular weight is 428 g/mol. The van der Waals surface area contributed by atoms with E-state index in [0.717, 1.165) is 18.6 Å². The lowest BCUT2D eigenvalue weighted by Gasteiger charge is -2.14. The van der Waals surface area contributed by atoms with E-state index in [-0.39, 0.29) is 16.3 Å². The Balaban J connectivity index is 1.80. The average Bonchev–Trinajstić information content (AvgIpc) is 2.74. The largest absolute Gasteiger partial charge is 0.494 e. The highest BCUT2D eigenvalue weighted by Crippen LogP contribution is 2.25. The van der Waals surface area contributed by atoms with E-state index in [2.05, 4.69) is 10.0 Å². The topological polar surface area (TPSA) is 84.5 Å². The van der Waals surface area contributed by atoms with E-state index in [0.29, 0.717) is 17.9 Å². The lowest BCUT2D eigenvalue weighted by atomic mass is 10.2. The van der Waals surface area contributed by atoms with Gasteiger partial charge in [0.1, 0.15) is 11.6 Å². The molecule has 3 aromatic carbocycles. The second kappa shape index (κ2) is 9.41. The van der Waals surface area contributed by atoms with Gasteiger partial charge in [0.25, 0.3) is 15.9 Å². The molecule has 0 unspecified atom stereocenters. The second-order valence-corrected chi connectivity index (χ2v) is 8.12. The number of halogens is 1. The zero-order valence-corrected chi connectivity index (χ0v) is 17.1. The lowest BCUT2D eigenvalue weighted by molar-refractivity contribution is 0.102. The molecule has 0 saturated heterocycles. The molecule has 8 heteroatoms. The molecule has 156 valence electrons. The number of nitrogens with one attached hydrogen (secondary N) is 2. The van der Waals surface area contributed by atoms with E-state index >= 15 is 0 Å². The van der Waals surface area contributed by atoms with Gasteiger partial charge in [0.2, 0.25) is 0 Å². The molecule has 3 rings (SSSR count). The van der Waals surface area contributed by atoms with Crippen LogP contribution >= 0.6 is 0 Å². The summed E-state index contributed by atoms with van der Waals surface area (Å²) in [5, 5.41) is 2.71. The number of amides is 1. The number of benzene rings is 3. The number of hydrogen-bond donors (Lipinski definition) is 2. The van der Waals surface area contributed by atoms with Gasteiger partial charge in [0, 0.05) is 5.56 Å². The Kier molecular flexibility index (Phi) is 6.68. The number of rotatable bonds is 8. The van der Waals surface area contributed by atoms with Gasteiger partial charge >= 0.3 is 0 Å². The van der Waals surface area contributed by atoms with Crippen LogP contribution in [0.25, 0.3) is 0 Å². The molecule has 0 aliphatic heterocycles. The minimum absolute atomic E-state index is 0.0918. The predicted molar refractivity (Wildman–Crippen MR) is 114 cm³/mol. The van der Waals surface area contributed by atoms with Crippen LogP contribution in [0, 0.1) is 5.82 Å². The fourth-order valence-corrected chi connectivity index (χ4v) is 3.72. The number of anilines is 2. The summed E-state index contributed by atoms with van der Waals surface area (Å²) in [6.45, 7) is 2.53. The van der Waals surface area contributed by atoms with E-state index in [4.69, 9.17) is 4.74 Å². The molecular formula is C22H21FN2O4S. The van der Waals surface area contributed by atoms with Crippen molar-refractivity contribution in [2.75, 3.05) is 16.6 Å². The highest BCUT2D eigenvalue weighted by Gasteiger charge is 2.17. The van der Waals surface area contributed by atoms with Gasteiger partial charge in [0.05, 0.1) is 22.9 Å². The zero-order valence-electron chi connectivity index (χ0n) is 16.3. The molecule has 0 heterocycles. The monoisotopic (exact) mass is 428 g/mol. The van der Waals surface area contributed by atoms with Crippen LogP contribution in [0.5, 0.6) is 5.75 Å². The predicted octanol–water partition coefficient (Wildman–Crippen LogP) is 4.67. The molecule has 0 radical (unpaired) electrons. The second-order valence-electron chi connectivity index (χ2n) is 6.44. The van der Waals surface area contributed by atoms with Gasteiger partial charge in [-0.15, -0.1) is 0 Å². The van der Waals surface area contributed by atoms with Crippen LogP contribution in [0.2, 0.25) is 0 Å². The van der Waals surface area contributed by atoms with E-state index in [1.165, 1.54) is 18.2 Å². The molecule has 0 saturated carbocycles. The van der Waals surface area contributed by atoms with Crippen molar-refractivity contribution in [2.24, 2.45) is 0 Å². The summed E-state index contributed by atoms with van der Waals surface area (Å²) in [5.74, 6) is -0.369. The number of ether oxygens (including phenoxy) is 1. The Morgan fingerprint density at radius 2 is 1.67 bits per heavy atom. The van der Waals surface area contributed by atoms with Crippen LogP contribution in [-0.2, 0) is 10.0 Å². The molecule has 1 amide bonds. The first-order chi connectivity index (χ1) is 14.4. The standard InChI is InChI=1S/C22H21FN2O4S/c1-2-14-29-18-7-5-6-16(15-18)22(26)24-20-8-3-4-9-21(20)25-30(27,28)19-12-10-17(23)11-13-19/h3-13,15,25H,2,14H2,1H3,(H,24,26). The Morgan fingerprint density at radius 1 is 0.967 bits per heavy atom. The van der Waals surface area contributed by atoms with E-state index in [9.17, 15) is 17.6 Å². The van der Waals surface area contributed by atoms with Crippen molar-refractivity contribution < 1.29 is 22.3 Å². The summed E-state index contributed by atoms with van der Waals surface area (Å²) >= 11 is 0. The van der Waals surface area contributed by atoms with Crippen molar-refractivity contribution in [3.8, 4) is 5.75 Å². The molecule has 0 aliphatic carbocycles. The smallest absolute Gasteiger partial charge is 0.261 e. The maximum atomic E-state index is 13.1. The van der Waals surface area contributed by atoms with Crippen LogP contribution in [0.3, 0.4) is 0 Å². The van der Waals surface area contributed by atoms with E-state index in [1.54, 1.807) is 42.5 Å². The van der Waals surface area contributed by atoms with Gasteiger partial charge < -0.3 is 10.1 Å². The third kappa shape index (κ3) is 5.36. The van der Waals surface area contributed by atoms with E-state index < -0.39 is 21.7 Å². The third-order valence-electron chi connectivity index (χ3n) is 4.11. The molecule has 0 aromatic heterocycles. The van der Waals surface area contributed by atoms with Gasteiger partial charge in [0.15, 0.2) is 0 Å². The van der Waals surface area contributed by atoms with Crippen LogP contribution in [0.1, 0.15) is 23.7 Å². The molecule has 3 aromatic rings. The van der Waals surface area contributed by atoms with Crippen LogP contribution in [-0.4, -0.2) is 20.9 Å². The highest BCUT2D eigenvalue weighted by molar-refractivity contribution is 7.92. The minimum Gasteiger partial charge on any atom is -0.494 e. The molecule has 30 heavy (non-hydrogen) atoms. The molecule has 0 spiro atoms. The summed E-state index contributed by atoms with van der Waals surface area (Å²) < 4.78 is 46.3. The summed E-state index contributed by atoms with van der Waals surface area (Å²) in [4.78, 5) is 12.6. The SMILES string of the molecule is CCCOc1cccc(C(=O)Nc2ccccc2NS(=O)(=O)c2ccc(F)cc2)c1. The van der Waals surface area contributed by atoms with E-state index in [1.807, 2.05) is 6.92 Å². The number of hydrogen-bond acceptors (Lipinski definition) is 4. The van der Waals surface area contributed by atoms with Crippen molar-refractivity contribution >= 4 is 27.3 Å². The van der Waals surface area contributed by atoms with Crippen molar-refractivity contribution in [2.45, 2.75) is 18.2 Å². The summed E-state index contributed by atoms with van der Waals surface area (Å²) in [7, 11) is -3.96. The van der Waals surface area contributed by atoms with Gasteiger partial charge in [-0.25, -0.2) is 12.8 Å². The van der Waals surface area contributed by atoms with Crippen LogP contribution in [0.4, 0.5) is 15.8 Å². The maximum absolute atomic E-state index is 13.1. The highest BCUT2D eigenvalue weighted by atomic mass is 32.2. The molecular weight excluding hydrogens is 407 g/mol. The fourth-order valence-electron chi connectivity index (χ4n) is 2.64. The molecule has 0 fully saturated rings. The molecule has 0 aliphatic rings. The van der Waals surface area contributed by atoms with Crippen LogP contribution < -0.4 is 14.8 Å². The van der Waals surface area contributed by atoms with Gasteiger partial charge in [-0.1, -0.05) is 25.1 Å². The zero-order chi connectivity index (χ0) is 21.6. The quantitative estimate of drug-likeness (QED) is 0.546. The summed E-state index contributed by atoms with van der Waals surface area (Å²) in [5.41, 5.74) is 0.849. The number of carbonyl (C=O) groups is 1. The van der Waals surface area contributed by atoms with Crippen LogP contribution in [0.15, 0.2) is 77.7 Å². The molecule has 6 nitrogen and oxygen atoms in total. The summed E-state index contributed by atoms with van der Waals surface area (Å²) in [6.07, 6.45) is 0.845. The Morgan fingerprint density at radius 3 is 2.37 bits per heavy atom. The third-order valence-corrected chi connectivity index (χ3v) is 5.49. The lowest BCUT2D eigenvalue weighted by Crippen LogP contribution is -2.17. The number of para-hydroxylation sites is 2. The Bertz CT molecular complexity index is 1130. The van der Waals surface area contributed by atoms with Crippen molar-refractivity contribution in [3.63, 3.8) is 0 Å². The minimum atomic E-state index is -3.96. The maximum Gasteiger partial charge on any atom is 0.261 e. The summed E-state index contributed by atoms with van der Waals surface area (Å²) in [6, 6.07) is 17.6. The van der Waals surface area contributed by atoms with Crippen molar-refractivity contribution in [1.82, 2.24) is 0 Å². The number of carbonyl (C=O) groups excluding carboxylic acids is 1. The number of sulfonamides is 1. The van der Waals surface area contributed by atoms with Gasteiger partial charge in [-0.05, 0) is 61.0 Å². The Hall–Kier alpha value is -3.39.